The first-order valence-corrected chi connectivity index (χ1v) is 4.48. The average molecular weight is 199 g/mol. The van der Waals surface area contributed by atoms with Gasteiger partial charge in [0.25, 0.3) is 0 Å². The fourth-order valence-corrected chi connectivity index (χ4v) is 1.55. The lowest BCUT2D eigenvalue weighted by atomic mass is 9.98. The number of ether oxygens (including phenoxy) is 1. The Morgan fingerprint density at radius 3 is 2.29 bits per heavy atom. The SMILES string of the molecule is COc1c(F)cc([C@H]2CCN2)cc1F. The molecule has 1 fully saturated rings. The van der Waals surface area contributed by atoms with Gasteiger partial charge in [0.2, 0.25) is 0 Å². The number of benzene rings is 1. The summed E-state index contributed by atoms with van der Waals surface area (Å²) in [6.45, 7) is 0.903. The van der Waals surface area contributed by atoms with Crippen LogP contribution in [0.3, 0.4) is 0 Å². The third-order valence-electron chi connectivity index (χ3n) is 2.45. The molecule has 0 aromatic heterocycles. The van der Waals surface area contributed by atoms with Gasteiger partial charge in [0.15, 0.2) is 17.4 Å². The Labute approximate surface area is 80.9 Å². The summed E-state index contributed by atoms with van der Waals surface area (Å²) in [7, 11) is 1.25. The van der Waals surface area contributed by atoms with E-state index >= 15 is 0 Å². The van der Waals surface area contributed by atoms with E-state index in [9.17, 15) is 8.78 Å². The molecule has 1 aromatic carbocycles. The summed E-state index contributed by atoms with van der Waals surface area (Å²) in [6, 6.07) is 2.72. The van der Waals surface area contributed by atoms with Crippen LogP contribution in [0.15, 0.2) is 12.1 Å². The summed E-state index contributed by atoms with van der Waals surface area (Å²) >= 11 is 0. The molecular weight excluding hydrogens is 188 g/mol. The zero-order valence-corrected chi connectivity index (χ0v) is 7.81. The Bertz CT molecular complexity index is 327. The molecule has 76 valence electrons. The zero-order chi connectivity index (χ0) is 10.1. The lowest BCUT2D eigenvalue weighted by molar-refractivity contribution is 0.350. The van der Waals surface area contributed by atoms with Crippen molar-refractivity contribution in [2.45, 2.75) is 12.5 Å². The van der Waals surface area contributed by atoms with E-state index < -0.39 is 11.6 Å². The molecule has 1 heterocycles. The third kappa shape index (κ3) is 1.46. The van der Waals surface area contributed by atoms with Gasteiger partial charge in [-0.15, -0.1) is 0 Å². The molecule has 4 heteroatoms. The monoisotopic (exact) mass is 199 g/mol. The lowest BCUT2D eigenvalue weighted by Crippen LogP contribution is -2.35. The van der Waals surface area contributed by atoms with Gasteiger partial charge in [0, 0.05) is 6.04 Å². The highest BCUT2D eigenvalue weighted by atomic mass is 19.1. The quantitative estimate of drug-likeness (QED) is 0.786. The predicted octanol–water partition coefficient (Wildman–Crippen LogP) is 2.01. The maximum atomic E-state index is 13.2. The maximum Gasteiger partial charge on any atom is 0.190 e. The van der Waals surface area contributed by atoms with Crippen molar-refractivity contribution in [3.63, 3.8) is 0 Å². The van der Waals surface area contributed by atoms with E-state index in [-0.39, 0.29) is 11.8 Å². The van der Waals surface area contributed by atoms with E-state index in [2.05, 4.69) is 10.1 Å². The topological polar surface area (TPSA) is 21.3 Å². The fourth-order valence-electron chi connectivity index (χ4n) is 1.55. The van der Waals surface area contributed by atoms with Crippen molar-refractivity contribution in [3.8, 4) is 5.75 Å². The predicted molar refractivity (Wildman–Crippen MR) is 48.3 cm³/mol. The van der Waals surface area contributed by atoms with Crippen LogP contribution in [0.2, 0.25) is 0 Å². The van der Waals surface area contributed by atoms with Crippen molar-refractivity contribution in [2.24, 2.45) is 0 Å². The smallest absolute Gasteiger partial charge is 0.190 e. The highest BCUT2D eigenvalue weighted by Crippen LogP contribution is 2.29. The highest BCUT2D eigenvalue weighted by Gasteiger charge is 2.21. The standard InChI is InChI=1S/C10H11F2NO/c1-14-10-7(11)4-6(5-8(10)12)9-2-3-13-9/h4-5,9,13H,2-3H2,1H3/t9-/m1/s1. The van der Waals surface area contributed by atoms with Crippen molar-refractivity contribution < 1.29 is 13.5 Å². The molecule has 1 aliphatic heterocycles. The van der Waals surface area contributed by atoms with Crippen LogP contribution in [0.5, 0.6) is 5.75 Å². The van der Waals surface area contributed by atoms with Gasteiger partial charge in [-0.2, -0.15) is 0 Å². The first-order chi connectivity index (χ1) is 6.72. The number of halogens is 2. The minimum Gasteiger partial charge on any atom is -0.491 e. The Morgan fingerprint density at radius 1 is 1.36 bits per heavy atom. The van der Waals surface area contributed by atoms with E-state index in [4.69, 9.17) is 0 Å². The number of nitrogens with one attached hydrogen (secondary N) is 1. The molecule has 0 radical (unpaired) electrons. The first-order valence-electron chi connectivity index (χ1n) is 4.48. The third-order valence-corrected chi connectivity index (χ3v) is 2.45. The molecule has 2 rings (SSSR count). The number of hydrogen-bond acceptors (Lipinski definition) is 2. The second kappa shape index (κ2) is 3.53. The molecule has 0 amide bonds. The van der Waals surface area contributed by atoms with Crippen LogP contribution in [0.4, 0.5) is 8.78 Å². The molecule has 1 atom stereocenters. The second-order valence-electron chi connectivity index (χ2n) is 3.31. The molecule has 2 nitrogen and oxygen atoms in total. The van der Waals surface area contributed by atoms with E-state index in [1.807, 2.05) is 0 Å². The number of hydrogen-bond donors (Lipinski definition) is 1. The molecule has 1 aliphatic rings. The van der Waals surface area contributed by atoms with Crippen LogP contribution in [-0.4, -0.2) is 13.7 Å². The Balaban J connectivity index is 2.35. The van der Waals surface area contributed by atoms with Crippen LogP contribution >= 0.6 is 0 Å². The molecular formula is C10H11F2NO. The van der Waals surface area contributed by atoms with Crippen LogP contribution in [0.1, 0.15) is 18.0 Å². The van der Waals surface area contributed by atoms with E-state index in [1.54, 1.807) is 0 Å². The molecule has 0 saturated carbocycles. The summed E-state index contributed by atoms with van der Waals surface area (Å²) in [5.74, 6) is -1.60. The number of rotatable bonds is 2. The van der Waals surface area contributed by atoms with E-state index in [0.717, 1.165) is 13.0 Å². The molecule has 0 aliphatic carbocycles. The molecule has 0 bridgehead atoms. The minimum absolute atomic E-state index is 0.0879. The zero-order valence-electron chi connectivity index (χ0n) is 7.81. The van der Waals surface area contributed by atoms with Crippen LogP contribution in [0.25, 0.3) is 0 Å². The van der Waals surface area contributed by atoms with Gasteiger partial charge in [0.1, 0.15) is 0 Å². The molecule has 1 saturated heterocycles. The van der Waals surface area contributed by atoms with Crippen LogP contribution in [0, 0.1) is 11.6 Å². The van der Waals surface area contributed by atoms with Crippen LogP contribution in [-0.2, 0) is 0 Å². The summed E-state index contributed by atoms with van der Waals surface area (Å²) < 4.78 is 31.1. The van der Waals surface area contributed by atoms with Gasteiger partial charge in [0.05, 0.1) is 7.11 Å². The number of methoxy groups -OCH3 is 1. The molecule has 0 unspecified atom stereocenters. The van der Waals surface area contributed by atoms with Crippen LogP contribution < -0.4 is 10.1 Å². The van der Waals surface area contributed by atoms with Crippen molar-refractivity contribution in [3.05, 3.63) is 29.3 Å². The Morgan fingerprint density at radius 2 is 1.93 bits per heavy atom. The maximum absolute atomic E-state index is 13.2. The summed E-state index contributed by atoms with van der Waals surface area (Å²) in [4.78, 5) is 0. The average Bonchev–Trinajstić information content (AvgIpc) is 2.00. The molecule has 1 N–H and O–H groups in total. The summed E-state index contributed by atoms with van der Waals surface area (Å²) in [6.07, 6.45) is 0.922. The van der Waals surface area contributed by atoms with E-state index in [0.29, 0.717) is 5.56 Å². The molecule has 0 spiro atoms. The van der Waals surface area contributed by atoms with Gasteiger partial charge < -0.3 is 10.1 Å². The van der Waals surface area contributed by atoms with Crippen molar-refractivity contribution >= 4 is 0 Å². The normalized spacial score (nSPS) is 20.4. The summed E-state index contributed by atoms with van der Waals surface area (Å²) in [5.41, 5.74) is 0.645. The Kier molecular flexibility index (Phi) is 2.37. The van der Waals surface area contributed by atoms with Gasteiger partial charge in [-0.3, -0.25) is 0 Å². The molecule has 1 aromatic rings. The van der Waals surface area contributed by atoms with Gasteiger partial charge in [-0.25, -0.2) is 8.78 Å². The van der Waals surface area contributed by atoms with Crippen molar-refractivity contribution in [2.75, 3.05) is 13.7 Å². The van der Waals surface area contributed by atoms with Gasteiger partial charge >= 0.3 is 0 Å². The Hall–Kier alpha value is -1.16. The van der Waals surface area contributed by atoms with Crippen molar-refractivity contribution in [1.82, 2.24) is 5.32 Å². The largest absolute Gasteiger partial charge is 0.491 e. The van der Waals surface area contributed by atoms with Gasteiger partial charge in [-0.05, 0) is 30.7 Å². The molecule has 14 heavy (non-hydrogen) atoms. The highest BCUT2D eigenvalue weighted by molar-refractivity contribution is 5.33. The summed E-state index contributed by atoms with van der Waals surface area (Å²) in [5, 5.41) is 3.08. The van der Waals surface area contributed by atoms with E-state index in [1.165, 1.54) is 19.2 Å². The van der Waals surface area contributed by atoms with Gasteiger partial charge in [-0.1, -0.05) is 0 Å². The lowest BCUT2D eigenvalue weighted by Gasteiger charge is -2.28. The second-order valence-corrected chi connectivity index (χ2v) is 3.31. The fraction of sp³-hybridized carbons (Fsp3) is 0.400. The first kappa shape index (κ1) is 9.40. The minimum atomic E-state index is -0.642. The van der Waals surface area contributed by atoms with Crippen molar-refractivity contribution in [1.29, 1.82) is 0 Å².